The van der Waals surface area contributed by atoms with Crippen LogP contribution in [0.15, 0.2) is 0 Å². The Kier molecular flexibility index (Phi) is 7.27. The molecule has 2 rings (SSSR count). The Bertz CT molecular complexity index is 347. The third-order valence-corrected chi connectivity index (χ3v) is 5.74. The molecule has 0 spiro atoms. The molecule has 0 aromatic carbocycles. The van der Waals surface area contributed by atoms with Crippen molar-refractivity contribution in [1.29, 1.82) is 5.26 Å². The molecule has 1 aliphatic heterocycles. The van der Waals surface area contributed by atoms with Crippen LogP contribution < -0.4 is 10.6 Å². The highest BCUT2D eigenvalue weighted by molar-refractivity contribution is 7.99. The summed E-state index contributed by atoms with van der Waals surface area (Å²) in [6.45, 7) is 3.69. The van der Waals surface area contributed by atoms with E-state index in [4.69, 9.17) is 5.26 Å². The van der Waals surface area contributed by atoms with Crippen LogP contribution in [0.3, 0.4) is 0 Å². The fourth-order valence-corrected chi connectivity index (χ4v) is 4.64. The zero-order valence-corrected chi connectivity index (χ0v) is 13.8. The molecule has 0 radical (unpaired) electrons. The minimum atomic E-state index is 0.0236. The van der Waals surface area contributed by atoms with E-state index in [2.05, 4.69) is 23.3 Å². The van der Waals surface area contributed by atoms with Crippen LogP contribution in [0.1, 0.15) is 45.4 Å². The lowest BCUT2D eigenvalue weighted by molar-refractivity contribution is -0.923. The van der Waals surface area contributed by atoms with Crippen LogP contribution in [-0.4, -0.2) is 41.7 Å². The molecule has 6 heteroatoms. The van der Waals surface area contributed by atoms with Gasteiger partial charge in [-0.1, -0.05) is 19.8 Å². The Morgan fingerprint density at radius 2 is 2.33 bits per heavy atom. The van der Waals surface area contributed by atoms with Crippen LogP contribution in [-0.2, 0) is 0 Å². The van der Waals surface area contributed by atoms with Gasteiger partial charge in [0.05, 0.1) is 12.6 Å². The smallest absolute Gasteiger partial charge is 0.108 e. The number of nitriles is 1. The highest BCUT2D eigenvalue weighted by Gasteiger charge is 2.27. The van der Waals surface area contributed by atoms with Crippen molar-refractivity contribution in [2.45, 2.75) is 57.5 Å². The summed E-state index contributed by atoms with van der Waals surface area (Å²) in [6.07, 6.45) is 7.10. The third kappa shape index (κ3) is 5.11. The molecule has 1 saturated heterocycles. The number of hydrogen-bond donors (Lipinski definition) is 2. The van der Waals surface area contributed by atoms with Gasteiger partial charge in [0, 0.05) is 31.0 Å². The van der Waals surface area contributed by atoms with Crippen LogP contribution >= 0.6 is 11.8 Å². The molecule has 2 N–H and O–H groups in total. The second kappa shape index (κ2) is 8.96. The number of nitrogens with one attached hydrogen (secondary N) is 2. The van der Waals surface area contributed by atoms with Crippen LogP contribution in [0.25, 0.3) is 0 Å². The van der Waals surface area contributed by atoms with E-state index in [1.165, 1.54) is 25.7 Å². The summed E-state index contributed by atoms with van der Waals surface area (Å²) in [4.78, 5) is 2.16. The molecule has 2 aliphatic rings. The molecule has 1 aliphatic carbocycles. The minimum Gasteiger partial charge on any atom is -0.613 e. The van der Waals surface area contributed by atoms with Crippen molar-refractivity contribution >= 4 is 11.8 Å². The zero-order chi connectivity index (χ0) is 15.1. The molecular formula is C15H28N4OS. The van der Waals surface area contributed by atoms with E-state index in [1.54, 1.807) is 11.8 Å². The molecule has 1 saturated carbocycles. The fraction of sp³-hybridized carbons (Fsp3) is 0.933. The van der Waals surface area contributed by atoms with Gasteiger partial charge in [0.2, 0.25) is 0 Å². The van der Waals surface area contributed by atoms with Gasteiger partial charge in [-0.3, -0.25) is 10.1 Å². The average molecular weight is 312 g/mol. The van der Waals surface area contributed by atoms with Crippen molar-refractivity contribution in [3.63, 3.8) is 0 Å². The molecule has 1 heterocycles. The van der Waals surface area contributed by atoms with Gasteiger partial charge >= 0.3 is 0 Å². The second-order valence-corrected chi connectivity index (χ2v) is 7.27. The second-order valence-electron chi connectivity index (χ2n) is 6.27. The van der Waals surface area contributed by atoms with Gasteiger partial charge in [-0.15, -0.1) is 11.8 Å². The molecule has 21 heavy (non-hydrogen) atoms. The molecule has 4 unspecified atom stereocenters. The van der Waals surface area contributed by atoms with Gasteiger partial charge in [-0.2, -0.15) is 10.7 Å². The summed E-state index contributed by atoms with van der Waals surface area (Å²) in [6, 6.07) is 2.57. The molecule has 120 valence electrons. The maximum atomic E-state index is 12.3. The van der Waals surface area contributed by atoms with Crippen LogP contribution in [0.4, 0.5) is 0 Å². The average Bonchev–Trinajstić information content (AvgIpc) is 2.95. The predicted octanol–water partition coefficient (Wildman–Crippen LogP) is 1.13. The highest BCUT2D eigenvalue weighted by atomic mass is 32.2. The van der Waals surface area contributed by atoms with Crippen molar-refractivity contribution < 1.29 is 5.17 Å². The number of thioether (sulfide) groups is 1. The van der Waals surface area contributed by atoms with E-state index in [0.29, 0.717) is 6.54 Å². The monoisotopic (exact) mass is 312 g/mol. The number of nitrogens with zero attached hydrogens (tertiary/aromatic N) is 2. The van der Waals surface area contributed by atoms with E-state index in [1.807, 2.05) is 0 Å². The molecule has 0 amide bonds. The molecule has 5 nitrogen and oxygen atoms in total. The molecule has 2 fully saturated rings. The minimum absolute atomic E-state index is 0.0236. The first kappa shape index (κ1) is 17.0. The van der Waals surface area contributed by atoms with E-state index >= 15 is 0 Å². The number of rotatable bonds is 7. The van der Waals surface area contributed by atoms with Gasteiger partial charge < -0.3 is 5.21 Å². The van der Waals surface area contributed by atoms with E-state index in [-0.39, 0.29) is 17.3 Å². The lowest BCUT2D eigenvalue weighted by Crippen LogP contribution is -3.18. The predicted molar refractivity (Wildman–Crippen MR) is 86.4 cm³/mol. The highest BCUT2D eigenvalue weighted by Crippen LogP contribution is 2.26. The Labute approximate surface area is 132 Å². The third-order valence-electron chi connectivity index (χ3n) is 4.67. The van der Waals surface area contributed by atoms with Gasteiger partial charge in [0.25, 0.3) is 0 Å². The lowest BCUT2D eigenvalue weighted by Gasteiger charge is -2.37. The number of hydrogen-bond acceptors (Lipinski definition) is 5. The number of hydroxylamine groups is 1. The van der Waals surface area contributed by atoms with Crippen molar-refractivity contribution in [3.05, 3.63) is 5.21 Å². The van der Waals surface area contributed by atoms with E-state index in [9.17, 15) is 5.21 Å². The summed E-state index contributed by atoms with van der Waals surface area (Å²) >= 11 is 1.80. The lowest BCUT2D eigenvalue weighted by atomic mass is 9.83. The molecule has 0 aromatic rings. The molecular weight excluding hydrogens is 284 g/mol. The summed E-state index contributed by atoms with van der Waals surface area (Å²) in [5.74, 6) is 2.56. The molecule has 0 bridgehead atoms. The van der Waals surface area contributed by atoms with Crippen LogP contribution in [0, 0.1) is 22.5 Å². The van der Waals surface area contributed by atoms with Crippen molar-refractivity contribution in [2.75, 3.05) is 24.7 Å². The van der Waals surface area contributed by atoms with Crippen molar-refractivity contribution in [1.82, 2.24) is 10.3 Å². The van der Waals surface area contributed by atoms with Gasteiger partial charge in [0.15, 0.2) is 0 Å². The summed E-state index contributed by atoms with van der Waals surface area (Å²) < 4.78 is 0. The molecule has 4 atom stereocenters. The SMILES string of the molecule is CCCC1CCCC([NH+]([O-])NCCN2CSCC2C#N)C1. The molecule has 0 aromatic heterocycles. The van der Waals surface area contributed by atoms with E-state index in [0.717, 1.165) is 36.9 Å². The standard InChI is InChI=1S/C15H28N4OS/c1-2-4-13-5-3-6-14(9-13)19(20)17-7-8-18-12-21-11-15(18)10-16/h13-15,17,19H,2-9,11-12H2,1H3. The quantitative estimate of drug-likeness (QED) is 0.690. The zero-order valence-electron chi connectivity index (χ0n) is 13.0. The first-order valence-corrected chi connectivity index (χ1v) is 9.39. The Morgan fingerprint density at radius 3 is 3.10 bits per heavy atom. The van der Waals surface area contributed by atoms with Crippen LogP contribution in [0.5, 0.6) is 0 Å². The summed E-state index contributed by atoms with van der Waals surface area (Å²) in [7, 11) is 0. The van der Waals surface area contributed by atoms with Crippen molar-refractivity contribution in [2.24, 2.45) is 5.92 Å². The largest absolute Gasteiger partial charge is 0.613 e. The van der Waals surface area contributed by atoms with Crippen LogP contribution in [0.2, 0.25) is 0 Å². The summed E-state index contributed by atoms with van der Waals surface area (Å²) in [5, 5.41) is 21.5. The first-order valence-electron chi connectivity index (χ1n) is 8.23. The van der Waals surface area contributed by atoms with Gasteiger partial charge in [-0.25, -0.2) is 0 Å². The number of quaternary nitrogens is 1. The Balaban J connectivity index is 1.67. The van der Waals surface area contributed by atoms with E-state index < -0.39 is 0 Å². The maximum Gasteiger partial charge on any atom is 0.108 e. The Hall–Kier alpha value is -0.320. The van der Waals surface area contributed by atoms with Gasteiger partial charge in [-0.05, 0) is 18.8 Å². The van der Waals surface area contributed by atoms with Gasteiger partial charge in [0.1, 0.15) is 12.1 Å². The Morgan fingerprint density at radius 1 is 1.48 bits per heavy atom. The maximum absolute atomic E-state index is 12.3. The fourth-order valence-electron chi connectivity index (χ4n) is 3.48. The van der Waals surface area contributed by atoms with Crippen molar-refractivity contribution in [3.8, 4) is 6.07 Å². The normalized spacial score (nSPS) is 32.0. The first-order chi connectivity index (χ1) is 10.2. The topological polar surface area (TPSA) is 66.6 Å². The summed E-state index contributed by atoms with van der Waals surface area (Å²) in [5.41, 5.74) is 3.09.